The van der Waals surface area contributed by atoms with Crippen LogP contribution in [0.25, 0.3) is 0 Å². The summed E-state index contributed by atoms with van der Waals surface area (Å²) < 4.78 is 1.00. The predicted octanol–water partition coefficient (Wildman–Crippen LogP) is 4.45. The van der Waals surface area contributed by atoms with Crippen molar-refractivity contribution in [2.75, 3.05) is 6.54 Å². The summed E-state index contributed by atoms with van der Waals surface area (Å²) in [5.41, 5.74) is 8.17. The lowest BCUT2D eigenvalue weighted by atomic mass is 10.0. The van der Waals surface area contributed by atoms with Crippen molar-refractivity contribution < 1.29 is 0 Å². The summed E-state index contributed by atoms with van der Waals surface area (Å²) in [6.45, 7) is 2.62. The van der Waals surface area contributed by atoms with E-state index in [1.54, 1.807) is 0 Å². The Labute approximate surface area is 133 Å². The molecule has 3 N–H and O–H groups in total. The Balaban J connectivity index is 2.19. The number of nitrogens with two attached hydrogens (primary N) is 1. The van der Waals surface area contributed by atoms with E-state index in [1.165, 1.54) is 5.56 Å². The third-order valence-corrected chi connectivity index (χ3v) is 4.16. The van der Waals surface area contributed by atoms with Crippen LogP contribution >= 0.6 is 27.5 Å². The topological polar surface area (TPSA) is 38.0 Å². The first-order chi connectivity index (χ1) is 9.61. The van der Waals surface area contributed by atoms with Gasteiger partial charge in [0, 0.05) is 28.1 Å². The molecule has 0 saturated heterocycles. The Morgan fingerprint density at radius 1 is 1.20 bits per heavy atom. The monoisotopic (exact) mass is 352 g/mol. The lowest BCUT2D eigenvalue weighted by Gasteiger charge is -2.24. The molecule has 0 aliphatic rings. The molecule has 2 rings (SSSR count). The molecule has 0 aliphatic carbocycles. The van der Waals surface area contributed by atoms with Crippen molar-refractivity contribution in [3.05, 3.63) is 69.2 Å². The highest BCUT2D eigenvalue weighted by molar-refractivity contribution is 9.10. The summed E-state index contributed by atoms with van der Waals surface area (Å²) in [6.07, 6.45) is 0. The molecule has 0 aromatic heterocycles. The second-order valence-electron chi connectivity index (χ2n) is 4.75. The highest BCUT2D eigenvalue weighted by atomic mass is 79.9. The zero-order valence-corrected chi connectivity index (χ0v) is 13.7. The molecule has 0 saturated carbocycles. The first-order valence-electron chi connectivity index (χ1n) is 6.58. The zero-order chi connectivity index (χ0) is 14.5. The van der Waals surface area contributed by atoms with Gasteiger partial charge < -0.3 is 11.1 Å². The van der Waals surface area contributed by atoms with Crippen LogP contribution in [0.15, 0.2) is 53.0 Å². The van der Waals surface area contributed by atoms with Crippen LogP contribution in [0.1, 0.15) is 30.1 Å². The SMILES string of the molecule is CC(NC(CN)c1cc(Br)ccc1Cl)c1ccccc1. The van der Waals surface area contributed by atoms with E-state index in [1.807, 2.05) is 36.4 Å². The summed E-state index contributed by atoms with van der Waals surface area (Å²) in [5.74, 6) is 0. The van der Waals surface area contributed by atoms with Crippen LogP contribution in [0.4, 0.5) is 0 Å². The van der Waals surface area contributed by atoms with Crippen molar-refractivity contribution in [3.8, 4) is 0 Å². The summed E-state index contributed by atoms with van der Waals surface area (Å²) in [5, 5.41) is 4.27. The molecule has 2 nitrogen and oxygen atoms in total. The summed E-state index contributed by atoms with van der Waals surface area (Å²) >= 11 is 9.76. The van der Waals surface area contributed by atoms with E-state index in [0.29, 0.717) is 6.54 Å². The molecule has 0 bridgehead atoms. The number of benzene rings is 2. The first-order valence-corrected chi connectivity index (χ1v) is 7.75. The second-order valence-corrected chi connectivity index (χ2v) is 6.08. The van der Waals surface area contributed by atoms with Gasteiger partial charge in [-0.25, -0.2) is 0 Å². The first kappa shape index (κ1) is 15.5. The minimum absolute atomic E-state index is 0.0233. The third kappa shape index (κ3) is 3.83. The molecule has 0 heterocycles. The van der Waals surface area contributed by atoms with Crippen LogP contribution in [0.3, 0.4) is 0 Å². The molecule has 2 unspecified atom stereocenters. The maximum absolute atomic E-state index is 6.28. The van der Waals surface area contributed by atoms with Crippen LogP contribution in [0, 0.1) is 0 Å². The number of halogens is 2. The number of hydrogen-bond donors (Lipinski definition) is 2. The molecule has 0 aliphatic heterocycles. The van der Waals surface area contributed by atoms with Crippen molar-refractivity contribution >= 4 is 27.5 Å². The summed E-state index contributed by atoms with van der Waals surface area (Å²) in [7, 11) is 0. The van der Waals surface area contributed by atoms with E-state index in [4.69, 9.17) is 17.3 Å². The Bertz CT molecular complexity index is 560. The van der Waals surface area contributed by atoms with Crippen LogP contribution in [0.5, 0.6) is 0 Å². The Morgan fingerprint density at radius 3 is 2.55 bits per heavy atom. The van der Waals surface area contributed by atoms with Crippen molar-refractivity contribution in [3.63, 3.8) is 0 Å². The fourth-order valence-electron chi connectivity index (χ4n) is 2.21. The average molecular weight is 354 g/mol. The summed E-state index contributed by atoms with van der Waals surface area (Å²) in [4.78, 5) is 0. The number of hydrogen-bond acceptors (Lipinski definition) is 2. The Kier molecular flexibility index (Phi) is 5.61. The minimum Gasteiger partial charge on any atom is -0.329 e. The van der Waals surface area contributed by atoms with Gasteiger partial charge in [0.2, 0.25) is 0 Å². The highest BCUT2D eigenvalue weighted by Crippen LogP contribution is 2.28. The molecular weight excluding hydrogens is 336 g/mol. The van der Waals surface area contributed by atoms with Gasteiger partial charge in [0.15, 0.2) is 0 Å². The van der Waals surface area contributed by atoms with Gasteiger partial charge in [-0.1, -0.05) is 57.9 Å². The standard InChI is InChI=1S/C16H18BrClN2/c1-11(12-5-3-2-4-6-12)20-16(10-19)14-9-13(17)7-8-15(14)18/h2-9,11,16,20H,10,19H2,1H3. The van der Waals surface area contributed by atoms with Gasteiger partial charge in [-0.3, -0.25) is 0 Å². The molecule has 0 spiro atoms. The van der Waals surface area contributed by atoms with Crippen molar-refractivity contribution in [1.29, 1.82) is 0 Å². The molecule has 2 aromatic carbocycles. The van der Waals surface area contributed by atoms with Gasteiger partial charge >= 0.3 is 0 Å². The smallest absolute Gasteiger partial charge is 0.0464 e. The molecule has 20 heavy (non-hydrogen) atoms. The predicted molar refractivity (Wildman–Crippen MR) is 88.9 cm³/mol. The van der Waals surface area contributed by atoms with E-state index < -0.39 is 0 Å². The van der Waals surface area contributed by atoms with Crippen LogP contribution < -0.4 is 11.1 Å². The van der Waals surface area contributed by atoms with Gasteiger partial charge in [0.05, 0.1) is 0 Å². The molecule has 0 amide bonds. The quantitative estimate of drug-likeness (QED) is 0.833. The number of nitrogens with one attached hydrogen (secondary N) is 1. The molecule has 0 radical (unpaired) electrons. The fraction of sp³-hybridized carbons (Fsp3) is 0.250. The molecule has 2 aromatic rings. The lowest BCUT2D eigenvalue weighted by Crippen LogP contribution is -2.30. The van der Waals surface area contributed by atoms with Gasteiger partial charge in [-0.15, -0.1) is 0 Å². The normalized spacial score (nSPS) is 14.0. The maximum atomic E-state index is 6.28. The largest absolute Gasteiger partial charge is 0.329 e. The van der Waals surface area contributed by atoms with Gasteiger partial charge in [-0.2, -0.15) is 0 Å². The molecule has 0 fully saturated rings. The Morgan fingerprint density at radius 2 is 1.90 bits per heavy atom. The number of rotatable bonds is 5. The van der Waals surface area contributed by atoms with E-state index >= 15 is 0 Å². The lowest BCUT2D eigenvalue weighted by molar-refractivity contribution is 0.473. The average Bonchev–Trinajstić information content (AvgIpc) is 2.48. The van der Waals surface area contributed by atoms with E-state index in [0.717, 1.165) is 15.1 Å². The zero-order valence-electron chi connectivity index (χ0n) is 11.3. The van der Waals surface area contributed by atoms with Gasteiger partial charge in [-0.05, 0) is 36.2 Å². The summed E-state index contributed by atoms with van der Waals surface area (Å²) in [6, 6.07) is 16.4. The molecule has 4 heteroatoms. The molecule has 2 atom stereocenters. The molecule has 106 valence electrons. The maximum Gasteiger partial charge on any atom is 0.0464 e. The van der Waals surface area contributed by atoms with Crippen LogP contribution in [-0.2, 0) is 0 Å². The van der Waals surface area contributed by atoms with E-state index in [9.17, 15) is 0 Å². The van der Waals surface area contributed by atoms with Gasteiger partial charge in [0.25, 0.3) is 0 Å². The second kappa shape index (κ2) is 7.23. The van der Waals surface area contributed by atoms with Gasteiger partial charge in [0.1, 0.15) is 0 Å². The fourth-order valence-corrected chi connectivity index (χ4v) is 2.83. The minimum atomic E-state index is 0.0233. The van der Waals surface area contributed by atoms with Crippen LogP contribution in [-0.4, -0.2) is 6.54 Å². The van der Waals surface area contributed by atoms with E-state index in [2.05, 4.69) is 40.3 Å². The van der Waals surface area contributed by atoms with Crippen molar-refractivity contribution in [1.82, 2.24) is 5.32 Å². The third-order valence-electron chi connectivity index (χ3n) is 3.32. The van der Waals surface area contributed by atoms with E-state index in [-0.39, 0.29) is 12.1 Å². The van der Waals surface area contributed by atoms with Crippen molar-refractivity contribution in [2.45, 2.75) is 19.0 Å². The highest BCUT2D eigenvalue weighted by Gasteiger charge is 2.16. The van der Waals surface area contributed by atoms with Crippen LogP contribution in [0.2, 0.25) is 5.02 Å². The molecular formula is C16H18BrClN2. The Hall–Kier alpha value is -0.870. The van der Waals surface area contributed by atoms with Crippen molar-refractivity contribution in [2.24, 2.45) is 5.73 Å².